The molecule has 1 heterocycles. The highest BCUT2D eigenvalue weighted by Crippen LogP contribution is 2.28. The zero-order valence-electron chi connectivity index (χ0n) is 15.7. The summed E-state index contributed by atoms with van der Waals surface area (Å²) in [5, 5.41) is 24.3. The molecule has 28 heavy (non-hydrogen) atoms. The number of aromatic hydroxyl groups is 1. The van der Waals surface area contributed by atoms with Crippen LogP contribution in [0.25, 0.3) is 11.0 Å². The first-order valence-electron chi connectivity index (χ1n) is 9.35. The van der Waals surface area contributed by atoms with E-state index in [4.69, 9.17) is 4.42 Å². The molecule has 0 aliphatic heterocycles. The summed E-state index contributed by atoms with van der Waals surface area (Å²) in [6.07, 6.45) is 1.87. The minimum atomic E-state index is -1.18. The number of phenolic OH excluding ortho intramolecular Hbond substituents is 1. The average molecular weight is 381 g/mol. The van der Waals surface area contributed by atoms with Crippen molar-refractivity contribution in [1.82, 2.24) is 0 Å². The Kier molecular flexibility index (Phi) is 6.11. The van der Waals surface area contributed by atoms with Crippen LogP contribution in [-0.4, -0.2) is 17.1 Å². The third kappa shape index (κ3) is 4.40. The number of quaternary nitrogens is 1. The molecule has 0 unspecified atom stereocenters. The minimum Gasteiger partial charge on any atom is -0.544 e. The Morgan fingerprint density at radius 2 is 1.96 bits per heavy atom. The number of fused-ring (bicyclic) bond motifs is 1. The molecule has 1 atom stereocenters. The SMILES string of the molecule is CCCc1cc(=O)oc2c(C[NH2+][C@@H](Cc3ccccc3)C(=O)[O-])c(O)ccc12. The number of carbonyl (C=O) groups is 1. The second-order valence-corrected chi connectivity index (χ2v) is 6.84. The zero-order valence-corrected chi connectivity index (χ0v) is 15.7. The highest BCUT2D eigenvalue weighted by atomic mass is 16.4. The standard InChI is InChI=1S/C22H23NO5/c1-2-6-15-12-20(25)28-21-16(15)9-10-19(24)17(21)13-23-18(22(26)27)11-14-7-4-3-5-8-14/h3-5,7-10,12,18,23-24H,2,6,11,13H2,1H3,(H,26,27)/t18-/m0/s1. The van der Waals surface area contributed by atoms with Gasteiger partial charge in [-0.3, -0.25) is 0 Å². The van der Waals surface area contributed by atoms with Crippen molar-refractivity contribution in [2.45, 2.75) is 38.8 Å². The van der Waals surface area contributed by atoms with E-state index in [1.54, 1.807) is 17.4 Å². The fourth-order valence-electron chi connectivity index (χ4n) is 3.40. The Morgan fingerprint density at radius 1 is 1.21 bits per heavy atom. The number of nitrogens with two attached hydrogens (primary N) is 1. The first-order valence-corrected chi connectivity index (χ1v) is 9.35. The van der Waals surface area contributed by atoms with Gasteiger partial charge in [0.2, 0.25) is 0 Å². The summed E-state index contributed by atoms with van der Waals surface area (Å²) in [6.45, 7) is 2.16. The number of benzene rings is 2. The number of hydrogen-bond donors (Lipinski definition) is 2. The van der Waals surface area contributed by atoms with Crippen molar-refractivity contribution in [3.8, 4) is 5.75 Å². The van der Waals surface area contributed by atoms with Gasteiger partial charge in [-0.1, -0.05) is 43.7 Å². The van der Waals surface area contributed by atoms with E-state index >= 15 is 0 Å². The van der Waals surface area contributed by atoms with E-state index < -0.39 is 17.6 Å². The summed E-state index contributed by atoms with van der Waals surface area (Å²) in [7, 11) is 0. The summed E-state index contributed by atoms with van der Waals surface area (Å²) >= 11 is 0. The first-order chi connectivity index (χ1) is 13.5. The van der Waals surface area contributed by atoms with Gasteiger partial charge in [-0.05, 0) is 29.7 Å². The van der Waals surface area contributed by atoms with Crippen LogP contribution in [0.2, 0.25) is 0 Å². The van der Waals surface area contributed by atoms with E-state index in [1.807, 2.05) is 37.3 Å². The third-order valence-electron chi connectivity index (χ3n) is 4.80. The highest BCUT2D eigenvalue weighted by Gasteiger charge is 2.19. The molecule has 0 aliphatic rings. The lowest BCUT2D eigenvalue weighted by Gasteiger charge is -2.17. The molecule has 3 rings (SSSR count). The normalized spacial score (nSPS) is 12.2. The Labute approximate surface area is 162 Å². The second kappa shape index (κ2) is 8.71. The van der Waals surface area contributed by atoms with E-state index in [-0.39, 0.29) is 12.3 Å². The van der Waals surface area contributed by atoms with Gasteiger partial charge in [0.25, 0.3) is 0 Å². The van der Waals surface area contributed by atoms with Crippen LogP contribution in [0.3, 0.4) is 0 Å². The topological polar surface area (TPSA) is 107 Å². The lowest BCUT2D eigenvalue weighted by atomic mass is 10.0. The van der Waals surface area contributed by atoms with Crippen molar-refractivity contribution in [2.24, 2.45) is 0 Å². The van der Waals surface area contributed by atoms with Crippen molar-refractivity contribution in [3.05, 3.63) is 75.6 Å². The monoisotopic (exact) mass is 381 g/mol. The van der Waals surface area contributed by atoms with Gasteiger partial charge in [0.05, 0.1) is 11.5 Å². The molecule has 0 saturated heterocycles. The molecule has 6 heteroatoms. The summed E-state index contributed by atoms with van der Waals surface area (Å²) in [6, 6.07) is 13.2. The van der Waals surface area contributed by atoms with Crippen LogP contribution >= 0.6 is 0 Å². The van der Waals surface area contributed by atoms with Crippen molar-refractivity contribution in [2.75, 3.05) is 0 Å². The summed E-state index contributed by atoms with van der Waals surface area (Å²) in [4.78, 5) is 23.6. The van der Waals surface area contributed by atoms with Crippen LogP contribution in [0.5, 0.6) is 5.75 Å². The lowest BCUT2D eigenvalue weighted by molar-refractivity contribution is -0.698. The second-order valence-electron chi connectivity index (χ2n) is 6.84. The first kappa shape index (κ1) is 19.6. The smallest absolute Gasteiger partial charge is 0.336 e. The number of carbonyl (C=O) groups excluding carboxylic acids is 1. The number of phenols is 1. The fraction of sp³-hybridized carbons (Fsp3) is 0.273. The zero-order chi connectivity index (χ0) is 20.1. The highest BCUT2D eigenvalue weighted by molar-refractivity contribution is 5.85. The van der Waals surface area contributed by atoms with Crippen LogP contribution in [0, 0.1) is 0 Å². The summed E-state index contributed by atoms with van der Waals surface area (Å²) < 4.78 is 5.37. The number of rotatable bonds is 8. The molecule has 1 aromatic heterocycles. The molecule has 0 aliphatic carbocycles. The van der Waals surface area contributed by atoms with Crippen LogP contribution in [0.4, 0.5) is 0 Å². The molecule has 6 nitrogen and oxygen atoms in total. The maximum atomic E-state index is 12.0. The lowest BCUT2D eigenvalue weighted by Crippen LogP contribution is -2.92. The molecule has 0 spiro atoms. The maximum Gasteiger partial charge on any atom is 0.336 e. The molecule has 0 radical (unpaired) electrons. The number of carboxylic acids is 1. The molecule has 0 fully saturated rings. The van der Waals surface area contributed by atoms with Gasteiger partial charge < -0.3 is 24.7 Å². The molecule has 146 valence electrons. The Morgan fingerprint density at radius 3 is 2.64 bits per heavy atom. The van der Waals surface area contributed by atoms with Crippen molar-refractivity contribution < 1.29 is 24.7 Å². The predicted octanol–water partition coefficient (Wildman–Crippen LogP) is 0.876. The van der Waals surface area contributed by atoms with E-state index in [1.165, 1.54) is 6.07 Å². The Bertz CT molecular complexity index is 1030. The van der Waals surface area contributed by atoms with Crippen LogP contribution in [0.15, 0.2) is 57.7 Å². The van der Waals surface area contributed by atoms with Crippen LogP contribution < -0.4 is 16.0 Å². The molecule has 3 N–H and O–H groups in total. The van der Waals surface area contributed by atoms with Gasteiger partial charge in [-0.2, -0.15) is 0 Å². The largest absolute Gasteiger partial charge is 0.544 e. The number of hydrogen-bond acceptors (Lipinski definition) is 5. The van der Waals surface area contributed by atoms with Crippen molar-refractivity contribution >= 4 is 16.9 Å². The molecule has 0 saturated carbocycles. The predicted molar refractivity (Wildman–Crippen MR) is 103 cm³/mol. The minimum absolute atomic E-state index is 0.0302. The van der Waals surface area contributed by atoms with Gasteiger partial charge in [0.1, 0.15) is 18.3 Å². The van der Waals surface area contributed by atoms with Crippen molar-refractivity contribution in [1.29, 1.82) is 0 Å². The summed E-state index contributed by atoms with van der Waals surface area (Å²) in [5.41, 5.74) is 1.97. The molecule has 3 aromatic rings. The van der Waals surface area contributed by atoms with E-state index in [0.717, 1.165) is 22.9 Å². The van der Waals surface area contributed by atoms with E-state index in [0.29, 0.717) is 24.0 Å². The quantitative estimate of drug-likeness (QED) is 0.563. The van der Waals surface area contributed by atoms with Crippen molar-refractivity contribution in [3.63, 3.8) is 0 Å². The van der Waals surface area contributed by atoms with E-state index in [9.17, 15) is 19.8 Å². The van der Waals surface area contributed by atoms with Gasteiger partial charge in [-0.15, -0.1) is 0 Å². The average Bonchev–Trinajstić information content (AvgIpc) is 2.67. The number of carboxylic acid groups (broad SMARTS) is 1. The number of aliphatic carboxylic acids is 1. The van der Waals surface area contributed by atoms with Gasteiger partial charge >= 0.3 is 5.63 Å². The molecule has 2 aromatic carbocycles. The van der Waals surface area contributed by atoms with Crippen LogP contribution in [0.1, 0.15) is 30.0 Å². The molecular formula is C22H23NO5. The maximum absolute atomic E-state index is 12.0. The van der Waals surface area contributed by atoms with E-state index in [2.05, 4.69) is 0 Å². The number of aryl methyl sites for hydroxylation is 1. The Hall–Kier alpha value is -3.12. The van der Waals surface area contributed by atoms with Gasteiger partial charge in [0, 0.05) is 17.9 Å². The van der Waals surface area contributed by atoms with Gasteiger partial charge in [-0.25, -0.2) is 4.79 Å². The molecule has 0 amide bonds. The third-order valence-corrected chi connectivity index (χ3v) is 4.80. The molecule has 0 bridgehead atoms. The Balaban J connectivity index is 1.91. The summed E-state index contributed by atoms with van der Waals surface area (Å²) in [5.74, 6) is -1.21. The van der Waals surface area contributed by atoms with Gasteiger partial charge in [0.15, 0.2) is 5.58 Å². The molecular weight excluding hydrogens is 358 g/mol. The van der Waals surface area contributed by atoms with Crippen LogP contribution in [-0.2, 0) is 24.2 Å². The fourth-order valence-corrected chi connectivity index (χ4v) is 3.40.